The van der Waals surface area contributed by atoms with Crippen LogP contribution in [-0.2, 0) is 4.74 Å². The normalized spacial score (nSPS) is 22.0. The summed E-state index contributed by atoms with van der Waals surface area (Å²) >= 11 is 0. The Morgan fingerprint density at radius 1 is 1.23 bits per heavy atom. The van der Waals surface area contributed by atoms with Gasteiger partial charge in [0.25, 0.3) is 0 Å². The summed E-state index contributed by atoms with van der Waals surface area (Å²) in [7, 11) is 0. The van der Waals surface area contributed by atoms with Crippen molar-refractivity contribution in [2.75, 3.05) is 5.32 Å². The van der Waals surface area contributed by atoms with Crippen LogP contribution in [0.4, 0.5) is 15.0 Å². The monoisotopic (exact) mass is 309 g/mol. The van der Waals surface area contributed by atoms with Crippen LogP contribution in [-0.4, -0.2) is 28.8 Å². The third-order valence-electron chi connectivity index (χ3n) is 3.53. The Kier molecular flexibility index (Phi) is 5.21. The molecule has 1 amide bonds. The highest BCUT2D eigenvalue weighted by molar-refractivity contribution is 5.68. The number of rotatable bonds is 3. The molecule has 0 saturated heterocycles. The third-order valence-corrected chi connectivity index (χ3v) is 3.53. The molecule has 22 heavy (non-hydrogen) atoms. The summed E-state index contributed by atoms with van der Waals surface area (Å²) < 4.78 is 18.1. The molecule has 6 heteroatoms. The van der Waals surface area contributed by atoms with Gasteiger partial charge >= 0.3 is 6.09 Å². The first-order chi connectivity index (χ1) is 10.3. The molecule has 0 radical (unpaired) electrons. The molecule has 1 fully saturated rings. The summed E-state index contributed by atoms with van der Waals surface area (Å²) in [6.07, 6.45) is 4.48. The summed E-state index contributed by atoms with van der Waals surface area (Å²) in [6, 6.07) is 3.48. The van der Waals surface area contributed by atoms with Gasteiger partial charge in [0, 0.05) is 12.1 Å². The zero-order valence-corrected chi connectivity index (χ0v) is 13.4. The largest absolute Gasteiger partial charge is 0.444 e. The molecule has 1 aliphatic rings. The van der Waals surface area contributed by atoms with Gasteiger partial charge in [-0.25, -0.2) is 14.2 Å². The van der Waals surface area contributed by atoms with Gasteiger partial charge in [0.15, 0.2) is 0 Å². The standard InChI is InChI=1S/C16H24FN3O2/c1-16(2,3)22-15(21)20-13-7-5-12(6-8-13)19-14-9-4-11(17)10-18-14/h4,9-10,12-13H,5-8H2,1-3H3,(H,18,19)(H,20,21)/t12-,13-. The number of alkyl carbamates (subject to hydrolysis) is 1. The number of nitrogens with one attached hydrogen (secondary N) is 2. The fourth-order valence-corrected chi connectivity index (χ4v) is 2.53. The molecule has 0 atom stereocenters. The highest BCUT2D eigenvalue weighted by atomic mass is 19.1. The van der Waals surface area contributed by atoms with Crippen LogP contribution in [0.1, 0.15) is 46.5 Å². The SMILES string of the molecule is CC(C)(C)OC(=O)N[C@H]1CC[C@H](Nc2ccc(F)cn2)CC1. The van der Waals surface area contributed by atoms with Gasteiger partial charge in [0.1, 0.15) is 17.2 Å². The molecule has 1 aliphatic carbocycles. The van der Waals surface area contributed by atoms with Crippen LogP contribution in [0.2, 0.25) is 0 Å². The fourth-order valence-electron chi connectivity index (χ4n) is 2.53. The molecule has 1 aromatic heterocycles. The Labute approximate surface area is 130 Å². The zero-order chi connectivity index (χ0) is 16.2. The second-order valence-corrected chi connectivity index (χ2v) is 6.70. The summed E-state index contributed by atoms with van der Waals surface area (Å²) in [5.74, 6) is 0.348. The lowest BCUT2D eigenvalue weighted by molar-refractivity contribution is 0.0492. The van der Waals surface area contributed by atoms with Crippen molar-refractivity contribution >= 4 is 11.9 Å². The number of halogens is 1. The number of amides is 1. The Bertz CT molecular complexity index is 491. The second kappa shape index (κ2) is 6.94. The number of carbonyl (C=O) groups excluding carboxylic acids is 1. The van der Waals surface area contributed by atoms with E-state index in [9.17, 15) is 9.18 Å². The van der Waals surface area contributed by atoms with E-state index in [0.717, 1.165) is 25.7 Å². The molecule has 1 heterocycles. The number of hydrogen-bond donors (Lipinski definition) is 2. The molecule has 0 bridgehead atoms. The number of aromatic nitrogens is 1. The van der Waals surface area contributed by atoms with Gasteiger partial charge in [0.2, 0.25) is 0 Å². The van der Waals surface area contributed by atoms with Crippen molar-refractivity contribution in [3.8, 4) is 0 Å². The molecule has 0 spiro atoms. The summed E-state index contributed by atoms with van der Waals surface area (Å²) in [6.45, 7) is 5.55. The summed E-state index contributed by atoms with van der Waals surface area (Å²) in [5.41, 5.74) is -0.475. The second-order valence-electron chi connectivity index (χ2n) is 6.70. The van der Waals surface area contributed by atoms with E-state index in [1.165, 1.54) is 12.3 Å². The van der Waals surface area contributed by atoms with E-state index in [1.54, 1.807) is 6.07 Å². The van der Waals surface area contributed by atoms with Crippen LogP contribution in [0.3, 0.4) is 0 Å². The molecule has 5 nitrogen and oxygen atoms in total. The first-order valence-electron chi connectivity index (χ1n) is 7.69. The predicted octanol–water partition coefficient (Wildman–Crippen LogP) is 3.47. The molecule has 2 N–H and O–H groups in total. The zero-order valence-electron chi connectivity index (χ0n) is 13.4. The third kappa shape index (κ3) is 5.50. The van der Waals surface area contributed by atoms with Crippen molar-refractivity contribution in [2.24, 2.45) is 0 Å². The Morgan fingerprint density at radius 2 is 1.86 bits per heavy atom. The quantitative estimate of drug-likeness (QED) is 0.897. The van der Waals surface area contributed by atoms with Crippen molar-refractivity contribution in [1.82, 2.24) is 10.3 Å². The first kappa shape index (κ1) is 16.5. The number of nitrogens with zero attached hydrogens (tertiary/aromatic N) is 1. The summed E-state index contributed by atoms with van der Waals surface area (Å²) in [4.78, 5) is 15.7. The molecule has 0 aliphatic heterocycles. The number of hydrogen-bond acceptors (Lipinski definition) is 4. The van der Waals surface area contributed by atoms with Crippen molar-refractivity contribution in [2.45, 2.75) is 64.1 Å². The molecular weight excluding hydrogens is 285 g/mol. The number of pyridine rings is 1. The maximum atomic E-state index is 12.8. The van der Waals surface area contributed by atoms with E-state index in [4.69, 9.17) is 4.74 Å². The molecule has 2 rings (SSSR count). The van der Waals surface area contributed by atoms with E-state index < -0.39 is 5.60 Å². The van der Waals surface area contributed by atoms with E-state index in [0.29, 0.717) is 11.9 Å². The fraction of sp³-hybridized carbons (Fsp3) is 0.625. The van der Waals surface area contributed by atoms with Gasteiger partial charge in [-0.05, 0) is 58.6 Å². The average molecular weight is 309 g/mol. The van der Waals surface area contributed by atoms with Crippen molar-refractivity contribution < 1.29 is 13.9 Å². The van der Waals surface area contributed by atoms with Crippen molar-refractivity contribution in [1.29, 1.82) is 0 Å². The van der Waals surface area contributed by atoms with Crippen LogP contribution in [0.5, 0.6) is 0 Å². The maximum absolute atomic E-state index is 12.8. The van der Waals surface area contributed by atoms with Crippen LogP contribution in [0.25, 0.3) is 0 Å². The maximum Gasteiger partial charge on any atom is 0.407 e. The smallest absolute Gasteiger partial charge is 0.407 e. The molecule has 0 aromatic carbocycles. The van der Waals surface area contributed by atoms with Crippen LogP contribution in [0, 0.1) is 5.82 Å². The van der Waals surface area contributed by atoms with Gasteiger partial charge in [-0.3, -0.25) is 0 Å². The summed E-state index contributed by atoms with van der Waals surface area (Å²) in [5, 5.41) is 6.21. The van der Waals surface area contributed by atoms with Crippen LogP contribution < -0.4 is 10.6 Å². The van der Waals surface area contributed by atoms with Gasteiger partial charge in [0.05, 0.1) is 6.20 Å². The number of anilines is 1. The highest BCUT2D eigenvalue weighted by Gasteiger charge is 2.24. The molecule has 1 saturated carbocycles. The molecular formula is C16H24FN3O2. The Morgan fingerprint density at radius 3 is 2.41 bits per heavy atom. The predicted molar refractivity (Wildman–Crippen MR) is 83.2 cm³/mol. The number of carbonyl (C=O) groups is 1. The molecule has 1 aromatic rings. The highest BCUT2D eigenvalue weighted by Crippen LogP contribution is 2.22. The Balaban J connectivity index is 1.73. The lowest BCUT2D eigenvalue weighted by atomic mass is 9.91. The van der Waals surface area contributed by atoms with E-state index in [1.807, 2.05) is 20.8 Å². The van der Waals surface area contributed by atoms with Gasteiger partial charge in [-0.1, -0.05) is 0 Å². The lowest BCUT2D eigenvalue weighted by Gasteiger charge is -2.30. The van der Waals surface area contributed by atoms with Crippen LogP contribution in [0.15, 0.2) is 18.3 Å². The minimum absolute atomic E-state index is 0.147. The van der Waals surface area contributed by atoms with Crippen molar-refractivity contribution in [3.05, 3.63) is 24.1 Å². The van der Waals surface area contributed by atoms with Gasteiger partial charge < -0.3 is 15.4 Å². The minimum atomic E-state index is -0.475. The Hall–Kier alpha value is -1.85. The molecule has 0 unspecified atom stereocenters. The lowest BCUT2D eigenvalue weighted by Crippen LogP contribution is -2.42. The van der Waals surface area contributed by atoms with E-state index in [-0.39, 0.29) is 18.0 Å². The average Bonchev–Trinajstić information content (AvgIpc) is 2.41. The van der Waals surface area contributed by atoms with Gasteiger partial charge in [-0.2, -0.15) is 0 Å². The molecule has 122 valence electrons. The van der Waals surface area contributed by atoms with E-state index >= 15 is 0 Å². The van der Waals surface area contributed by atoms with Crippen LogP contribution >= 0.6 is 0 Å². The van der Waals surface area contributed by atoms with Gasteiger partial charge in [-0.15, -0.1) is 0 Å². The minimum Gasteiger partial charge on any atom is -0.444 e. The van der Waals surface area contributed by atoms with E-state index in [2.05, 4.69) is 15.6 Å². The first-order valence-corrected chi connectivity index (χ1v) is 7.69. The number of ether oxygens (including phenoxy) is 1. The topological polar surface area (TPSA) is 63.2 Å². The van der Waals surface area contributed by atoms with Crippen molar-refractivity contribution in [3.63, 3.8) is 0 Å².